The quantitative estimate of drug-likeness (QED) is 0.844. The lowest BCUT2D eigenvalue weighted by molar-refractivity contribution is 0.134. The molecule has 1 heterocycles. The van der Waals surface area contributed by atoms with E-state index in [1.54, 1.807) is 11.8 Å². The maximum Gasteiger partial charge on any atom is 0.0236 e. The van der Waals surface area contributed by atoms with Gasteiger partial charge in [0.25, 0.3) is 0 Å². The molecule has 2 nitrogen and oxygen atoms in total. The van der Waals surface area contributed by atoms with Crippen LogP contribution in [0.4, 0.5) is 0 Å². The van der Waals surface area contributed by atoms with Gasteiger partial charge in [0.2, 0.25) is 0 Å². The molecule has 0 aliphatic carbocycles. The highest BCUT2D eigenvalue weighted by Crippen LogP contribution is 2.22. The molecule has 1 aromatic rings. The number of hydrogen-bond donors (Lipinski definition) is 1. The molecular formula is C15H25ClN2S. The van der Waals surface area contributed by atoms with Crippen molar-refractivity contribution in [3.8, 4) is 0 Å². The number of rotatable bonds is 5. The van der Waals surface area contributed by atoms with Gasteiger partial charge in [0.1, 0.15) is 0 Å². The van der Waals surface area contributed by atoms with Gasteiger partial charge >= 0.3 is 0 Å². The van der Waals surface area contributed by atoms with E-state index < -0.39 is 0 Å². The summed E-state index contributed by atoms with van der Waals surface area (Å²) in [6.45, 7) is 3.13. The Morgan fingerprint density at radius 2 is 2.00 bits per heavy atom. The van der Waals surface area contributed by atoms with E-state index >= 15 is 0 Å². The number of thioether (sulfide) groups is 1. The summed E-state index contributed by atoms with van der Waals surface area (Å²) in [7, 11) is 0. The first-order valence-corrected chi connectivity index (χ1v) is 8.13. The zero-order valence-electron chi connectivity index (χ0n) is 11.7. The summed E-state index contributed by atoms with van der Waals surface area (Å²) in [5.41, 5.74) is 7.15. The molecule has 1 unspecified atom stereocenters. The minimum Gasteiger partial charge on any atom is -0.330 e. The van der Waals surface area contributed by atoms with Crippen LogP contribution in [0.1, 0.15) is 31.2 Å². The number of nitrogens with zero attached hydrogens (tertiary/aromatic N) is 1. The van der Waals surface area contributed by atoms with Crippen LogP contribution in [-0.4, -0.2) is 30.3 Å². The molecule has 0 amide bonds. The van der Waals surface area contributed by atoms with Gasteiger partial charge in [-0.3, -0.25) is 4.90 Å². The van der Waals surface area contributed by atoms with Crippen LogP contribution in [0.5, 0.6) is 0 Å². The minimum atomic E-state index is 0. The molecule has 1 saturated heterocycles. The molecular weight excluding hydrogens is 276 g/mol. The fourth-order valence-electron chi connectivity index (χ4n) is 2.75. The van der Waals surface area contributed by atoms with Crippen molar-refractivity contribution in [3.05, 3.63) is 29.8 Å². The zero-order valence-corrected chi connectivity index (χ0v) is 13.3. The highest BCUT2D eigenvalue weighted by molar-refractivity contribution is 7.98. The van der Waals surface area contributed by atoms with Gasteiger partial charge in [0, 0.05) is 17.5 Å². The highest BCUT2D eigenvalue weighted by atomic mass is 35.5. The van der Waals surface area contributed by atoms with Crippen molar-refractivity contribution in [2.45, 2.75) is 43.2 Å². The fraction of sp³-hybridized carbons (Fsp3) is 0.600. The molecule has 0 saturated carbocycles. The van der Waals surface area contributed by atoms with Gasteiger partial charge in [0.15, 0.2) is 0 Å². The predicted octanol–water partition coefficient (Wildman–Crippen LogP) is 3.53. The molecule has 108 valence electrons. The Kier molecular flexibility index (Phi) is 7.84. The Bertz CT molecular complexity index is 354. The van der Waals surface area contributed by atoms with Crippen LogP contribution in [0.15, 0.2) is 29.2 Å². The number of hydrogen-bond acceptors (Lipinski definition) is 3. The molecule has 1 aromatic carbocycles. The number of likely N-dealkylation sites (tertiary alicyclic amines) is 1. The number of benzene rings is 1. The van der Waals surface area contributed by atoms with Crippen LogP contribution in [0.2, 0.25) is 0 Å². The standard InChI is InChI=1S/C15H24N2S.ClH/c1-18-15-7-5-13(6-8-15)12-17-11-3-2-4-14(17)9-10-16;/h5-8,14H,2-4,9-12,16H2,1H3;1H. The molecule has 19 heavy (non-hydrogen) atoms. The van der Waals surface area contributed by atoms with Gasteiger partial charge in [-0.05, 0) is 56.3 Å². The molecule has 2 rings (SSSR count). The Labute approximate surface area is 127 Å². The molecule has 4 heteroatoms. The van der Waals surface area contributed by atoms with Crippen LogP contribution in [-0.2, 0) is 6.54 Å². The Balaban J connectivity index is 0.00000180. The van der Waals surface area contributed by atoms with E-state index in [-0.39, 0.29) is 12.4 Å². The van der Waals surface area contributed by atoms with Gasteiger partial charge in [-0.2, -0.15) is 0 Å². The second kappa shape index (κ2) is 8.85. The van der Waals surface area contributed by atoms with Crippen LogP contribution >= 0.6 is 24.2 Å². The zero-order chi connectivity index (χ0) is 12.8. The van der Waals surface area contributed by atoms with Crippen molar-refractivity contribution >= 4 is 24.2 Å². The molecule has 1 aliphatic rings. The maximum atomic E-state index is 5.72. The van der Waals surface area contributed by atoms with Gasteiger partial charge in [-0.25, -0.2) is 0 Å². The third-order valence-electron chi connectivity index (χ3n) is 3.79. The topological polar surface area (TPSA) is 29.3 Å². The molecule has 2 N–H and O–H groups in total. The van der Waals surface area contributed by atoms with Crippen LogP contribution in [0, 0.1) is 0 Å². The first-order valence-electron chi connectivity index (χ1n) is 6.90. The summed E-state index contributed by atoms with van der Waals surface area (Å²) >= 11 is 1.80. The third kappa shape index (κ3) is 4.99. The van der Waals surface area contributed by atoms with Crippen molar-refractivity contribution in [1.29, 1.82) is 0 Å². The molecule has 0 radical (unpaired) electrons. The molecule has 1 atom stereocenters. The monoisotopic (exact) mass is 300 g/mol. The van der Waals surface area contributed by atoms with Crippen molar-refractivity contribution in [3.63, 3.8) is 0 Å². The van der Waals surface area contributed by atoms with Crippen molar-refractivity contribution in [1.82, 2.24) is 4.90 Å². The Morgan fingerprint density at radius 3 is 2.63 bits per heavy atom. The SMILES string of the molecule is CSc1ccc(CN2CCCCC2CCN)cc1.Cl. The summed E-state index contributed by atoms with van der Waals surface area (Å²) in [6, 6.07) is 9.67. The van der Waals surface area contributed by atoms with Gasteiger partial charge < -0.3 is 5.73 Å². The maximum absolute atomic E-state index is 5.72. The van der Waals surface area contributed by atoms with E-state index in [0.29, 0.717) is 6.04 Å². The summed E-state index contributed by atoms with van der Waals surface area (Å²) in [4.78, 5) is 3.96. The summed E-state index contributed by atoms with van der Waals surface area (Å²) < 4.78 is 0. The van der Waals surface area contributed by atoms with Gasteiger partial charge in [0.05, 0.1) is 0 Å². The first-order chi connectivity index (χ1) is 8.83. The van der Waals surface area contributed by atoms with E-state index in [2.05, 4.69) is 35.4 Å². The summed E-state index contributed by atoms with van der Waals surface area (Å²) in [5, 5.41) is 0. The van der Waals surface area contributed by atoms with E-state index in [4.69, 9.17) is 5.73 Å². The third-order valence-corrected chi connectivity index (χ3v) is 4.54. The van der Waals surface area contributed by atoms with Crippen molar-refractivity contribution < 1.29 is 0 Å². The number of halogens is 1. The molecule has 0 spiro atoms. The normalized spacial score (nSPS) is 20.0. The van der Waals surface area contributed by atoms with E-state index in [0.717, 1.165) is 19.5 Å². The van der Waals surface area contributed by atoms with Gasteiger partial charge in [-0.1, -0.05) is 18.6 Å². The van der Waals surface area contributed by atoms with Gasteiger partial charge in [-0.15, -0.1) is 24.2 Å². The average Bonchev–Trinajstić information content (AvgIpc) is 2.42. The minimum absolute atomic E-state index is 0. The highest BCUT2D eigenvalue weighted by Gasteiger charge is 2.21. The van der Waals surface area contributed by atoms with Crippen LogP contribution in [0.25, 0.3) is 0 Å². The lowest BCUT2D eigenvalue weighted by Gasteiger charge is -2.35. The molecule has 0 aromatic heterocycles. The predicted molar refractivity (Wildman–Crippen MR) is 87.2 cm³/mol. The average molecular weight is 301 g/mol. The van der Waals surface area contributed by atoms with Crippen LogP contribution < -0.4 is 5.73 Å². The molecule has 0 bridgehead atoms. The van der Waals surface area contributed by atoms with E-state index in [1.807, 2.05) is 0 Å². The lowest BCUT2D eigenvalue weighted by Crippen LogP contribution is -2.40. The molecule has 1 aliphatic heterocycles. The van der Waals surface area contributed by atoms with Crippen molar-refractivity contribution in [2.75, 3.05) is 19.3 Å². The van der Waals surface area contributed by atoms with Crippen molar-refractivity contribution in [2.24, 2.45) is 5.73 Å². The first kappa shape index (κ1) is 16.8. The largest absolute Gasteiger partial charge is 0.330 e. The number of piperidine rings is 1. The summed E-state index contributed by atoms with van der Waals surface area (Å²) in [6.07, 6.45) is 7.29. The Morgan fingerprint density at radius 1 is 1.26 bits per heavy atom. The smallest absolute Gasteiger partial charge is 0.0236 e. The molecule has 1 fully saturated rings. The van der Waals surface area contributed by atoms with E-state index in [9.17, 15) is 0 Å². The van der Waals surface area contributed by atoms with Crippen LogP contribution in [0.3, 0.4) is 0 Å². The summed E-state index contributed by atoms with van der Waals surface area (Å²) in [5.74, 6) is 0. The van der Waals surface area contributed by atoms with E-state index in [1.165, 1.54) is 36.3 Å². The second-order valence-corrected chi connectivity index (χ2v) is 5.93. The Hall–Kier alpha value is -0.220. The fourth-order valence-corrected chi connectivity index (χ4v) is 3.16. The second-order valence-electron chi connectivity index (χ2n) is 5.05. The number of nitrogens with two attached hydrogens (primary N) is 1. The lowest BCUT2D eigenvalue weighted by atomic mass is 9.98.